The maximum atomic E-state index is 12.5. The Morgan fingerprint density at radius 1 is 1.12 bits per heavy atom. The fourth-order valence-electron chi connectivity index (χ4n) is 2.88. The molecule has 6 heteroatoms. The number of pyridine rings is 1. The average Bonchev–Trinajstić information content (AvgIpc) is 2.64. The first-order valence-electron chi connectivity index (χ1n) is 8.22. The van der Waals surface area contributed by atoms with E-state index in [4.69, 9.17) is 10.5 Å². The number of carboxylic acid groups (broad SMARTS) is 1. The second kappa shape index (κ2) is 7.23. The molecule has 1 heterocycles. The molecule has 26 heavy (non-hydrogen) atoms. The number of nitrogen functional groups attached to an aromatic ring is 1. The minimum atomic E-state index is -1.20. The van der Waals surface area contributed by atoms with Crippen molar-refractivity contribution in [2.75, 3.05) is 12.3 Å². The minimum absolute atomic E-state index is 0.0945. The Labute approximate surface area is 150 Å². The Morgan fingerprint density at radius 3 is 2.54 bits per heavy atom. The van der Waals surface area contributed by atoms with E-state index in [1.165, 1.54) is 0 Å². The highest BCUT2D eigenvalue weighted by molar-refractivity contribution is 6.12. The summed E-state index contributed by atoms with van der Waals surface area (Å²) in [6.45, 7) is 2.19. The third kappa shape index (κ3) is 3.09. The predicted molar refractivity (Wildman–Crippen MR) is 99.1 cm³/mol. The molecule has 0 saturated heterocycles. The van der Waals surface area contributed by atoms with Gasteiger partial charge in [0, 0.05) is 10.9 Å². The molecule has 0 aliphatic rings. The molecule has 0 amide bonds. The van der Waals surface area contributed by atoms with E-state index in [1.54, 1.807) is 48.5 Å². The molecule has 0 spiro atoms. The maximum Gasteiger partial charge on any atom is 0.340 e. The average molecular weight is 350 g/mol. The molecule has 3 aromatic rings. The first-order valence-corrected chi connectivity index (χ1v) is 8.22. The number of carbonyl (C=O) groups excluding carboxylic acids is 1. The molecule has 2 aromatic carbocycles. The fraction of sp³-hybridized carbons (Fsp3) is 0.150. The number of fused-ring (bicyclic) bond motifs is 1. The monoisotopic (exact) mass is 350 g/mol. The van der Waals surface area contributed by atoms with Crippen molar-refractivity contribution in [1.29, 1.82) is 0 Å². The number of rotatable bonds is 5. The van der Waals surface area contributed by atoms with Crippen LogP contribution >= 0.6 is 0 Å². The van der Waals surface area contributed by atoms with Crippen LogP contribution in [-0.2, 0) is 4.74 Å². The van der Waals surface area contributed by atoms with Gasteiger partial charge >= 0.3 is 11.9 Å². The van der Waals surface area contributed by atoms with Gasteiger partial charge in [0.05, 0.1) is 17.7 Å². The van der Waals surface area contributed by atoms with Gasteiger partial charge in [-0.15, -0.1) is 0 Å². The first kappa shape index (κ1) is 17.4. The number of aromatic nitrogens is 1. The highest BCUT2D eigenvalue weighted by atomic mass is 16.5. The van der Waals surface area contributed by atoms with E-state index in [0.29, 0.717) is 34.0 Å². The summed E-state index contributed by atoms with van der Waals surface area (Å²) >= 11 is 0. The van der Waals surface area contributed by atoms with Gasteiger partial charge in [-0.1, -0.05) is 43.3 Å². The molecule has 0 aliphatic heterocycles. The number of hydrogen-bond acceptors (Lipinski definition) is 5. The van der Waals surface area contributed by atoms with E-state index in [1.807, 2.05) is 6.92 Å². The maximum absolute atomic E-state index is 12.5. The summed E-state index contributed by atoms with van der Waals surface area (Å²) in [4.78, 5) is 28.5. The van der Waals surface area contributed by atoms with Crippen LogP contribution in [0.1, 0.15) is 34.1 Å². The van der Waals surface area contributed by atoms with E-state index >= 15 is 0 Å². The van der Waals surface area contributed by atoms with Crippen molar-refractivity contribution in [1.82, 2.24) is 4.98 Å². The Morgan fingerprint density at radius 2 is 1.81 bits per heavy atom. The Balaban J connectivity index is 2.34. The van der Waals surface area contributed by atoms with Crippen molar-refractivity contribution in [2.24, 2.45) is 0 Å². The summed E-state index contributed by atoms with van der Waals surface area (Å²) in [6.07, 6.45) is 0.694. The van der Waals surface area contributed by atoms with Crippen LogP contribution in [0.4, 0.5) is 5.82 Å². The van der Waals surface area contributed by atoms with Crippen molar-refractivity contribution >= 4 is 28.7 Å². The van der Waals surface area contributed by atoms with Gasteiger partial charge in [-0.2, -0.15) is 0 Å². The van der Waals surface area contributed by atoms with E-state index < -0.39 is 11.9 Å². The molecular formula is C20H18N2O4. The molecule has 3 N–H and O–H groups in total. The van der Waals surface area contributed by atoms with E-state index in [2.05, 4.69) is 4.98 Å². The number of nitrogens with zero attached hydrogens (tertiary/aromatic N) is 1. The molecule has 1 aromatic heterocycles. The third-order valence-electron chi connectivity index (χ3n) is 3.99. The molecular weight excluding hydrogens is 332 g/mol. The standard InChI is InChI=1S/C20H18N2O4/c1-2-11-26-20(25)13-8-4-3-7-12(13)16-14-9-5-6-10-15(14)22-18(21)17(16)19(23)24/h3-10H,2,11H2,1H3,(H2,21,22)(H,23,24). The minimum Gasteiger partial charge on any atom is -0.478 e. The van der Waals surface area contributed by atoms with E-state index in [0.717, 1.165) is 0 Å². The lowest BCUT2D eigenvalue weighted by atomic mass is 9.92. The molecule has 0 fully saturated rings. The largest absolute Gasteiger partial charge is 0.478 e. The van der Waals surface area contributed by atoms with Crippen molar-refractivity contribution in [3.63, 3.8) is 0 Å². The summed E-state index contributed by atoms with van der Waals surface area (Å²) in [7, 11) is 0. The molecule has 132 valence electrons. The number of esters is 1. The fourth-order valence-corrected chi connectivity index (χ4v) is 2.88. The number of carboxylic acids is 1. The van der Waals surface area contributed by atoms with Gasteiger partial charge < -0.3 is 15.6 Å². The zero-order chi connectivity index (χ0) is 18.7. The number of benzene rings is 2. The molecule has 0 bridgehead atoms. The number of hydrogen-bond donors (Lipinski definition) is 2. The summed E-state index contributed by atoms with van der Waals surface area (Å²) in [5, 5.41) is 10.3. The topological polar surface area (TPSA) is 103 Å². The van der Waals surface area contributed by atoms with Crippen LogP contribution < -0.4 is 5.73 Å². The Hall–Kier alpha value is -3.41. The molecule has 0 atom stereocenters. The van der Waals surface area contributed by atoms with E-state index in [-0.39, 0.29) is 18.0 Å². The summed E-state index contributed by atoms with van der Waals surface area (Å²) in [5.74, 6) is -1.80. The first-order chi connectivity index (χ1) is 12.5. The second-order valence-electron chi connectivity index (χ2n) is 5.75. The lowest BCUT2D eigenvalue weighted by molar-refractivity contribution is 0.0505. The van der Waals surface area contributed by atoms with Gasteiger partial charge in [0.25, 0.3) is 0 Å². The molecule has 0 saturated carbocycles. The second-order valence-corrected chi connectivity index (χ2v) is 5.75. The third-order valence-corrected chi connectivity index (χ3v) is 3.99. The zero-order valence-corrected chi connectivity index (χ0v) is 14.2. The lowest BCUT2D eigenvalue weighted by Crippen LogP contribution is -2.11. The van der Waals surface area contributed by atoms with Crippen LogP contribution in [-0.4, -0.2) is 28.6 Å². The summed E-state index contributed by atoms with van der Waals surface area (Å²) in [5.41, 5.74) is 7.47. The highest BCUT2D eigenvalue weighted by Gasteiger charge is 2.24. The van der Waals surface area contributed by atoms with Crippen molar-refractivity contribution in [2.45, 2.75) is 13.3 Å². The number of aromatic carboxylic acids is 1. The number of para-hydroxylation sites is 1. The quantitative estimate of drug-likeness (QED) is 0.679. The smallest absolute Gasteiger partial charge is 0.340 e. The number of carbonyl (C=O) groups is 2. The van der Waals surface area contributed by atoms with Crippen LogP contribution in [0, 0.1) is 0 Å². The van der Waals surface area contributed by atoms with Crippen LogP contribution in [0.3, 0.4) is 0 Å². The molecule has 6 nitrogen and oxygen atoms in total. The van der Waals surface area contributed by atoms with Crippen LogP contribution in [0.2, 0.25) is 0 Å². The Kier molecular flexibility index (Phi) is 4.84. The van der Waals surface area contributed by atoms with Crippen molar-refractivity contribution in [3.05, 3.63) is 59.7 Å². The predicted octanol–water partition coefficient (Wildman–Crippen LogP) is 3.75. The van der Waals surface area contributed by atoms with Gasteiger partial charge in [-0.3, -0.25) is 0 Å². The molecule has 3 rings (SSSR count). The van der Waals surface area contributed by atoms with Crippen molar-refractivity contribution in [3.8, 4) is 11.1 Å². The summed E-state index contributed by atoms with van der Waals surface area (Å²) in [6, 6.07) is 13.8. The van der Waals surface area contributed by atoms with Gasteiger partial charge in [0.2, 0.25) is 0 Å². The molecule has 0 radical (unpaired) electrons. The van der Waals surface area contributed by atoms with Gasteiger partial charge in [0.15, 0.2) is 0 Å². The highest BCUT2D eigenvalue weighted by Crippen LogP contribution is 2.36. The number of anilines is 1. The lowest BCUT2D eigenvalue weighted by Gasteiger charge is -2.15. The zero-order valence-electron chi connectivity index (χ0n) is 14.2. The van der Waals surface area contributed by atoms with Crippen LogP contribution in [0.15, 0.2) is 48.5 Å². The van der Waals surface area contributed by atoms with Gasteiger partial charge in [0.1, 0.15) is 11.4 Å². The van der Waals surface area contributed by atoms with Crippen LogP contribution in [0.25, 0.3) is 22.0 Å². The van der Waals surface area contributed by atoms with Gasteiger partial charge in [-0.05, 0) is 24.1 Å². The van der Waals surface area contributed by atoms with Gasteiger partial charge in [-0.25, -0.2) is 14.6 Å². The van der Waals surface area contributed by atoms with E-state index in [9.17, 15) is 14.7 Å². The van der Waals surface area contributed by atoms with Crippen molar-refractivity contribution < 1.29 is 19.4 Å². The SMILES string of the molecule is CCCOC(=O)c1ccccc1-c1c(C(=O)O)c(N)nc2ccccc12. The number of nitrogens with two attached hydrogens (primary N) is 1. The summed E-state index contributed by atoms with van der Waals surface area (Å²) < 4.78 is 5.25. The normalized spacial score (nSPS) is 10.7. The Bertz CT molecular complexity index is 998. The van der Waals surface area contributed by atoms with Crippen LogP contribution in [0.5, 0.6) is 0 Å². The molecule has 0 aliphatic carbocycles. The molecule has 0 unspecified atom stereocenters. The number of ether oxygens (including phenoxy) is 1.